The predicted octanol–water partition coefficient (Wildman–Crippen LogP) is 4.06. The number of hydrogen-bond acceptors (Lipinski definition) is 4. The molecule has 3 N–H and O–H groups in total. The molecule has 0 aromatic heterocycles. The first-order valence-corrected chi connectivity index (χ1v) is 11.5. The summed E-state index contributed by atoms with van der Waals surface area (Å²) in [5.41, 5.74) is 2.53. The molecule has 33 heavy (non-hydrogen) atoms. The van der Waals surface area contributed by atoms with E-state index in [1.807, 2.05) is 24.3 Å². The molecule has 2 aliphatic rings. The van der Waals surface area contributed by atoms with Crippen LogP contribution in [0.4, 0.5) is 4.79 Å². The zero-order chi connectivity index (χ0) is 23.6. The summed E-state index contributed by atoms with van der Waals surface area (Å²) >= 11 is 0. The van der Waals surface area contributed by atoms with Gasteiger partial charge < -0.3 is 20.5 Å². The second-order valence-electron chi connectivity index (χ2n) is 9.01. The van der Waals surface area contributed by atoms with Gasteiger partial charge in [0.2, 0.25) is 5.91 Å². The molecule has 4 rings (SSSR count). The summed E-state index contributed by atoms with van der Waals surface area (Å²) in [6.45, 7) is 3.81. The molecular formula is C26H30N2O5. The Morgan fingerprint density at radius 3 is 2.03 bits per heavy atom. The molecule has 7 nitrogen and oxygen atoms in total. The third kappa shape index (κ3) is 4.19. The molecule has 0 heterocycles. The lowest BCUT2D eigenvalue weighted by atomic mass is 9.91. The van der Waals surface area contributed by atoms with E-state index >= 15 is 0 Å². The van der Waals surface area contributed by atoms with Gasteiger partial charge >= 0.3 is 12.1 Å². The molecule has 1 fully saturated rings. The van der Waals surface area contributed by atoms with E-state index in [1.54, 1.807) is 13.8 Å². The van der Waals surface area contributed by atoms with Gasteiger partial charge in [-0.1, -0.05) is 62.4 Å². The van der Waals surface area contributed by atoms with Crippen molar-refractivity contribution in [2.24, 2.45) is 5.41 Å². The molecular weight excluding hydrogens is 420 g/mol. The molecule has 0 unspecified atom stereocenters. The third-order valence-corrected chi connectivity index (χ3v) is 7.22. The lowest BCUT2D eigenvalue weighted by Crippen LogP contribution is -2.56. The molecule has 0 atom stereocenters. The van der Waals surface area contributed by atoms with Crippen LogP contribution in [0.25, 0.3) is 11.1 Å². The van der Waals surface area contributed by atoms with Gasteiger partial charge in [-0.15, -0.1) is 0 Å². The number of nitrogens with one attached hydrogen (secondary N) is 2. The summed E-state index contributed by atoms with van der Waals surface area (Å²) in [6.07, 6.45) is 1.21. The van der Waals surface area contributed by atoms with E-state index in [4.69, 9.17) is 4.74 Å². The highest BCUT2D eigenvalue weighted by Gasteiger charge is 2.52. The van der Waals surface area contributed by atoms with Crippen molar-refractivity contribution in [1.82, 2.24) is 10.6 Å². The van der Waals surface area contributed by atoms with Gasteiger partial charge in [0.15, 0.2) is 0 Å². The summed E-state index contributed by atoms with van der Waals surface area (Å²) in [6, 6.07) is 16.2. The molecule has 2 aliphatic carbocycles. The Labute approximate surface area is 193 Å². The first kappa shape index (κ1) is 22.8. The number of aliphatic carboxylic acids is 1. The molecule has 2 amide bonds. The number of alkyl carbamates (subject to hydrolysis) is 1. The van der Waals surface area contributed by atoms with Gasteiger partial charge in [-0.2, -0.15) is 0 Å². The van der Waals surface area contributed by atoms with Crippen LogP contribution in [0.1, 0.15) is 56.6 Å². The Hall–Kier alpha value is -3.35. The number of rotatable bonds is 9. The number of hydrogen-bond donors (Lipinski definition) is 3. The quantitative estimate of drug-likeness (QED) is 0.534. The minimum absolute atomic E-state index is 0.0355. The largest absolute Gasteiger partial charge is 0.480 e. The van der Waals surface area contributed by atoms with Crippen LogP contribution < -0.4 is 10.6 Å². The third-order valence-electron chi connectivity index (χ3n) is 7.22. The number of carboxylic acid groups (broad SMARTS) is 1. The highest BCUT2D eigenvalue weighted by Crippen LogP contribution is 2.46. The van der Waals surface area contributed by atoms with E-state index in [-0.39, 0.29) is 25.0 Å². The predicted molar refractivity (Wildman–Crippen MR) is 124 cm³/mol. The van der Waals surface area contributed by atoms with Crippen LogP contribution in [0.15, 0.2) is 48.5 Å². The SMILES string of the molecule is CCC(CC)(NC(=O)C1(CNC(=O)OCC2c3ccccc3-c3ccccc32)CC1)C(=O)O. The summed E-state index contributed by atoms with van der Waals surface area (Å²) in [7, 11) is 0. The van der Waals surface area contributed by atoms with Gasteiger partial charge in [0, 0.05) is 12.5 Å². The number of carbonyl (C=O) groups excluding carboxylic acids is 2. The molecule has 174 valence electrons. The maximum absolute atomic E-state index is 12.9. The van der Waals surface area contributed by atoms with E-state index < -0.39 is 23.0 Å². The van der Waals surface area contributed by atoms with Crippen LogP contribution in [0, 0.1) is 5.41 Å². The molecule has 2 aromatic rings. The van der Waals surface area contributed by atoms with E-state index in [9.17, 15) is 19.5 Å². The van der Waals surface area contributed by atoms with Crippen molar-refractivity contribution in [3.63, 3.8) is 0 Å². The molecule has 0 bridgehead atoms. The summed E-state index contributed by atoms with van der Waals surface area (Å²) in [5, 5.41) is 15.0. The highest BCUT2D eigenvalue weighted by atomic mass is 16.5. The van der Waals surface area contributed by atoms with E-state index in [2.05, 4.69) is 34.9 Å². The van der Waals surface area contributed by atoms with Gasteiger partial charge in [0.25, 0.3) is 0 Å². The molecule has 7 heteroatoms. The van der Waals surface area contributed by atoms with Crippen LogP contribution in [0.3, 0.4) is 0 Å². The fourth-order valence-electron chi connectivity index (χ4n) is 4.66. The van der Waals surface area contributed by atoms with Crippen molar-refractivity contribution >= 4 is 18.0 Å². The lowest BCUT2D eigenvalue weighted by Gasteiger charge is -2.30. The maximum Gasteiger partial charge on any atom is 0.407 e. The van der Waals surface area contributed by atoms with Crippen molar-refractivity contribution in [2.45, 2.75) is 51.0 Å². The van der Waals surface area contributed by atoms with Crippen molar-refractivity contribution in [3.05, 3.63) is 59.7 Å². The van der Waals surface area contributed by atoms with Gasteiger partial charge in [0.05, 0.1) is 5.41 Å². The second-order valence-corrected chi connectivity index (χ2v) is 9.01. The van der Waals surface area contributed by atoms with Gasteiger partial charge in [-0.25, -0.2) is 9.59 Å². The van der Waals surface area contributed by atoms with Crippen molar-refractivity contribution in [3.8, 4) is 11.1 Å². The number of benzene rings is 2. The molecule has 1 saturated carbocycles. The van der Waals surface area contributed by atoms with E-state index in [0.717, 1.165) is 22.3 Å². The molecule has 0 spiro atoms. The van der Waals surface area contributed by atoms with Crippen LogP contribution in [0.2, 0.25) is 0 Å². The molecule has 2 aromatic carbocycles. The Balaban J connectivity index is 1.35. The van der Waals surface area contributed by atoms with Gasteiger partial charge in [0.1, 0.15) is 12.1 Å². The Kier molecular flexibility index (Phi) is 6.15. The summed E-state index contributed by atoms with van der Waals surface area (Å²) < 4.78 is 5.55. The average molecular weight is 451 g/mol. The summed E-state index contributed by atoms with van der Waals surface area (Å²) in [4.78, 5) is 37.0. The van der Waals surface area contributed by atoms with Crippen LogP contribution in [0.5, 0.6) is 0 Å². The normalized spacial score (nSPS) is 15.8. The minimum Gasteiger partial charge on any atom is -0.480 e. The molecule has 0 saturated heterocycles. The van der Waals surface area contributed by atoms with Crippen molar-refractivity contribution in [1.29, 1.82) is 0 Å². The van der Waals surface area contributed by atoms with Gasteiger partial charge in [-0.3, -0.25) is 4.79 Å². The maximum atomic E-state index is 12.9. The van der Waals surface area contributed by atoms with E-state index in [1.165, 1.54) is 0 Å². The average Bonchev–Trinajstić information content (AvgIpc) is 3.56. The van der Waals surface area contributed by atoms with Crippen molar-refractivity contribution in [2.75, 3.05) is 13.2 Å². The first-order chi connectivity index (χ1) is 15.9. The molecule has 0 aliphatic heterocycles. The number of carboxylic acids is 1. The smallest absolute Gasteiger partial charge is 0.407 e. The highest BCUT2D eigenvalue weighted by molar-refractivity contribution is 5.92. The number of carbonyl (C=O) groups is 3. The number of amides is 2. The lowest BCUT2D eigenvalue weighted by molar-refractivity contribution is -0.149. The van der Waals surface area contributed by atoms with Crippen LogP contribution in [-0.4, -0.2) is 41.8 Å². The van der Waals surface area contributed by atoms with Crippen LogP contribution >= 0.6 is 0 Å². The van der Waals surface area contributed by atoms with Gasteiger partial charge in [-0.05, 0) is 47.9 Å². The zero-order valence-corrected chi connectivity index (χ0v) is 19.0. The Morgan fingerprint density at radius 2 is 1.55 bits per heavy atom. The fraction of sp³-hybridized carbons (Fsp3) is 0.423. The zero-order valence-electron chi connectivity index (χ0n) is 19.0. The second kappa shape index (κ2) is 8.89. The van der Waals surface area contributed by atoms with Crippen LogP contribution in [-0.2, 0) is 14.3 Å². The number of fused-ring (bicyclic) bond motifs is 3. The number of ether oxygens (including phenoxy) is 1. The van der Waals surface area contributed by atoms with Crippen molar-refractivity contribution < 1.29 is 24.2 Å². The monoisotopic (exact) mass is 450 g/mol. The molecule has 0 radical (unpaired) electrons. The summed E-state index contributed by atoms with van der Waals surface area (Å²) in [5.74, 6) is -1.40. The Bertz CT molecular complexity index is 1030. The fourth-order valence-corrected chi connectivity index (χ4v) is 4.66. The Morgan fingerprint density at radius 1 is 1.00 bits per heavy atom. The van der Waals surface area contributed by atoms with E-state index in [0.29, 0.717) is 25.7 Å². The standard InChI is InChI=1S/C26H30N2O5/c1-3-26(4-2,23(30)31)28-22(29)25(13-14-25)16-27-24(32)33-15-21-19-11-7-5-9-17(19)18-10-6-8-12-20(18)21/h5-12,21H,3-4,13-16H2,1-2H3,(H,27,32)(H,28,29)(H,30,31). The first-order valence-electron chi connectivity index (χ1n) is 11.5. The topological polar surface area (TPSA) is 105 Å². The minimum atomic E-state index is -1.28.